The molecule has 1 aliphatic heterocycles. The summed E-state index contributed by atoms with van der Waals surface area (Å²) in [6, 6.07) is 13.2. The van der Waals surface area contributed by atoms with Crippen molar-refractivity contribution in [1.82, 2.24) is 4.31 Å². The van der Waals surface area contributed by atoms with Crippen molar-refractivity contribution in [1.29, 1.82) is 0 Å². The molecule has 0 radical (unpaired) electrons. The monoisotopic (exact) mass is 441 g/mol. The maximum absolute atomic E-state index is 13.9. The van der Waals surface area contributed by atoms with Gasteiger partial charge in [-0.25, -0.2) is 13.2 Å². The zero-order valence-corrected chi connectivity index (χ0v) is 19.9. The quantitative estimate of drug-likeness (QED) is 0.616. The van der Waals surface area contributed by atoms with Crippen molar-refractivity contribution < 1.29 is 17.9 Å². The number of rotatable bonds is 5. The van der Waals surface area contributed by atoms with Gasteiger partial charge in [-0.05, 0) is 43.9 Å². The largest absolute Gasteiger partial charge is 0.463 e. The standard InChI is InChI=1S/C25H31NO4S/c1-7-30-24(27)21-16-22(25(4,5)6)26(23(21)19-12-8-17(2)9-13-19)31(28,29)20-14-10-18(3)11-15-20/h8-16,22-23H,7H2,1-6H3/t22-,23-/m0/s1. The van der Waals surface area contributed by atoms with Gasteiger partial charge in [-0.2, -0.15) is 4.31 Å². The van der Waals surface area contributed by atoms with Gasteiger partial charge in [0.15, 0.2) is 0 Å². The molecule has 0 amide bonds. The topological polar surface area (TPSA) is 63.7 Å². The highest BCUT2D eigenvalue weighted by molar-refractivity contribution is 7.89. The Morgan fingerprint density at radius 1 is 0.968 bits per heavy atom. The van der Waals surface area contributed by atoms with E-state index < -0.39 is 33.5 Å². The van der Waals surface area contributed by atoms with Gasteiger partial charge < -0.3 is 4.74 Å². The van der Waals surface area contributed by atoms with Crippen LogP contribution in [0, 0.1) is 19.3 Å². The van der Waals surface area contributed by atoms with Crippen LogP contribution in [0.15, 0.2) is 65.1 Å². The maximum atomic E-state index is 13.9. The number of esters is 1. The van der Waals surface area contributed by atoms with Crippen LogP contribution < -0.4 is 0 Å². The van der Waals surface area contributed by atoms with Gasteiger partial charge in [-0.1, -0.05) is 74.4 Å². The Labute approximate surface area is 185 Å². The average Bonchev–Trinajstić information content (AvgIpc) is 3.11. The number of hydrogen-bond donors (Lipinski definition) is 0. The second-order valence-corrected chi connectivity index (χ2v) is 11.0. The SMILES string of the molecule is CCOC(=O)C1=C[C@@H](C(C)(C)C)N(S(=O)(=O)c2ccc(C)cc2)[C@H]1c1ccc(C)cc1. The number of benzene rings is 2. The first kappa shape index (κ1) is 23.2. The Hall–Kier alpha value is -2.44. The molecule has 2 aromatic carbocycles. The van der Waals surface area contributed by atoms with Crippen molar-refractivity contribution in [2.45, 2.75) is 58.5 Å². The molecule has 3 rings (SSSR count). The van der Waals surface area contributed by atoms with Gasteiger partial charge in [0, 0.05) is 6.04 Å². The molecule has 5 nitrogen and oxygen atoms in total. The Bertz CT molecular complexity index is 1080. The second kappa shape index (κ2) is 8.60. The number of carbonyl (C=O) groups excluding carboxylic acids is 1. The molecular weight excluding hydrogens is 410 g/mol. The Morgan fingerprint density at radius 2 is 1.48 bits per heavy atom. The van der Waals surface area contributed by atoms with Crippen LogP contribution in [0.4, 0.5) is 0 Å². The molecule has 31 heavy (non-hydrogen) atoms. The zero-order valence-electron chi connectivity index (χ0n) is 19.0. The predicted molar refractivity (Wildman–Crippen MR) is 122 cm³/mol. The summed E-state index contributed by atoms with van der Waals surface area (Å²) in [7, 11) is -3.90. The third-order valence-corrected chi connectivity index (χ3v) is 7.41. The van der Waals surface area contributed by atoms with Gasteiger partial charge in [0.1, 0.15) is 0 Å². The smallest absolute Gasteiger partial charge is 0.335 e. The summed E-state index contributed by atoms with van der Waals surface area (Å²) in [4.78, 5) is 13.1. The minimum absolute atomic E-state index is 0.211. The van der Waals surface area contributed by atoms with Crippen LogP contribution in [0.3, 0.4) is 0 Å². The molecule has 2 atom stereocenters. The third kappa shape index (κ3) is 4.60. The predicted octanol–water partition coefficient (Wildman–Crippen LogP) is 4.95. The van der Waals surface area contributed by atoms with E-state index in [1.807, 2.05) is 58.9 Å². The molecule has 2 aromatic rings. The van der Waals surface area contributed by atoms with E-state index in [1.54, 1.807) is 37.3 Å². The fourth-order valence-electron chi connectivity index (χ4n) is 3.85. The average molecular weight is 442 g/mol. The zero-order chi connectivity index (χ0) is 23.0. The Balaban J connectivity index is 2.23. The van der Waals surface area contributed by atoms with Crippen LogP contribution in [0.5, 0.6) is 0 Å². The fourth-order valence-corrected chi connectivity index (χ4v) is 5.77. The first-order valence-corrected chi connectivity index (χ1v) is 12.0. The van der Waals surface area contributed by atoms with Crippen molar-refractivity contribution >= 4 is 16.0 Å². The van der Waals surface area contributed by atoms with Gasteiger partial charge in [-0.15, -0.1) is 0 Å². The molecule has 0 bridgehead atoms. The van der Waals surface area contributed by atoms with E-state index in [0.29, 0.717) is 5.57 Å². The number of aryl methyl sites for hydroxylation is 2. The summed E-state index contributed by atoms with van der Waals surface area (Å²) in [5.41, 5.74) is 2.71. The van der Waals surface area contributed by atoms with Crippen molar-refractivity contribution in [2.75, 3.05) is 6.61 Å². The lowest BCUT2D eigenvalue weighted by Crippen LogP contribution is -2.45. The molecule has 0 fully saturated rings. The second-order valence-electron chi connectivity index (χ2n) is 9.11. The van der Waals surface area contributed by atoms with E-state index in [0.717, 1.165) is 16.7 Å². The highest BCUT2D eigenvalue weighted by Crippen LogP contribution is 2.46. The summed E-state index contributed by atoms with van der Waals surface area (Å²) in [5.74, 6) is -0.482. The molecule has 0 N–H and O–H groups in total. The number of carbonyl (C=O) groups is 1. The van der Waals surface area contributed by atoms with Crippen LogP contribution in [0.1, 0.15) is 50.4 Å². The van der Waals surface area contributed by atoms with Crippen LogP contribution >= 0.6 is 0 Å². The number of nitrogens with zero attached hydrogens (tertiary/aromatic N) is 1. The molecule has 0 spiro atoms. The first-order valence-electron chi connectivity index (χ1n) is 10.5. The van der Waals surface area contributed by atoms with E-state index in [1.165, 1.54) is 4.31 Å². The van der Waals surface area contributed by atoms with Crippen LogP contribution in [-0.4, -0.2) is 31.3 Å². The van der Waals surface area contributed by atoms with E-state index in [-0.39, 0.29) is 11.5 Å². The van der Waals surface area contributed by atoms with Crippen molar-refractivity contribution in [3.63, 3.8) is 0 Å². The normalized spacial score (nSPS) is 19.9. The summed E-state index contributed by atoms with van der Waals surface area (Å²) in [6.07, 6.45) is 1.77. The molecule has 0 saturated heterocycles. The lowest BCUT2D eigenvalue weighted by molar-refractivity contribution is -0.138. The van der Waals surface area contributed by atoms with Crippen molar-refractivity contribution in [2.24, 2.45) is 5.41 Å². The molecule has 1 aliphatic rings. The van der Waals surface area contributed by atoms with Crippen LogP contribution in [0.25, 0.3) is 0 Å². The van der Waals surface area contributed by atoms with Crippen molar-refractivity contribution in [3.8, 4) is 0 Å². The molecule has 0 unspecified atom stereocenters. The Kier molecular flexibility index (Phi) is 6.44. The van der Waals surface area contributed by atoms with E-state index >= 15 is 0 Å². The summed E-state index contributed by atoms with van der Waals surface area (Å²) in [6.45, 7) is 11.8. The lowest BCUT2D eigenvalue weighted by Gasteiger charge is -2.37. The number of hydrogen-bond acceptors (Lipinski definition) is 4. The minimum atomic E-state index is -3.90. The Morgan fingerprint density at radius 3 is 1.97 bits per heavy atom. The molecule has 6 heteroatoms. The van der Waals surface area contributed by atoms with Gasteiger partial charge >= 0.3 is 5.97 Å². The van der Waals surface area contributed by atoms with Crippen LogP contribution in [0.2, 0.25) is 0 Å². The van der Waals surface area contributed by atoms with E-state index in [2.05, 4.69) is 0 Å². The maximum Gasteiger partial charge on any atom is 0.335 e. The van der Waals surface area contributed by atoms with Crippen molar-refractivity contribution in [3.05, 3.63) is 76.9 Å². The lowest BCUT2D eigenvalue weighted by atomic mass is 9.87. The highest BCUT2D eigenvalue weighted by atomic mass is 32.2. The van der Waals surface area contributed by atoms with E-state index in [4.69, 9.17) is 4.74 Å². The molecule has 1 heterocycles. The highest BCUT2D eigenvalue weighted by Gasteiger charge is 2.49. The fraction of sp³-hybridized carbons (Fsp3) is 0.400. The van der Waals surface area contributed by atoms with Gasteiger partial charge in [0.05, 0.1) is 23.1 Å². The van der Waals surface area contributed by atoms with Gasteiger partial charge in [-0.3, -0.25) is 0 Å². The number of ether oxygens (including phenoxy) is 1. The molecule has 166 valence electrons. The van der Waals surface area contributed by atoms with Gasteiger partial charge in [0.2, 0.25) is 10.0 Å². The summed E-state index contributed by atoms with van der Waals surface area (Å²) >= 11 is 0. The molecule has 0 aliphatic carbocycles. The van der Waals surface area contributed by atoms with Gasteiger partial charge in [0.25, 0.3) is 0 Å². The van der Waals surface area contributed by atoms with Crippen LogP contribution in [-0.2, 0) is 19.6 Å². The summed E-state index contributed by atoms with van der Waals surface area (Å²) < 4.78 is 34.6. The third-order valence-electron chi connectivity index (χ3n) is 5.55. The number of sulfonamides is 1. The van der Waals surface area contributed by atoms with E-state index in [9.17, 15) is 13.2 Å². The first-order chi connectivity index (χ1) is 14.5. The minimum Gasteiger partial charge on any atom is -0.463 e. The molecule has 0 aromatic heterocycles. The molecular formula is C25H31NO4S. The molecule has 0 saturated carbocycles. The summed E-state index contributed by atoms with van der Waals surface area (Å²) in [5, 5.41) is 0.